The molecular weight excluding hydrogens is 634 g/mol. The van der Waals surface area contributed by atoms with Crippen LogP contribution < -0.4 is 15.1 Å². The predicted molar refractivity (Wildman–Crippen MR) is 169 cm³/mol. The van der Waals surface area contributed by atoms with Gasteiger partial charge in [-0.3, -0.25) is 23.7 Å². The number of amides is 3. The summed E-state index contributed by atoms with van der Waals surface area (Å²) in [6.07, 6.45) is 0. The Balaban J connectivity index is 1.28. The number of benzene rings is 4. The van der Waals surface area contributed by atoms with E-state index in [1.54, 1.807) is 24.3 Å². The Kier molecular flexibility index (Phi) is 6.84. The van der Waals surface area contributed by atoms with Crippen LogP contribution in [0.1, 0.15) is 16.4 Å². The van der Waals surface area contributed by atoms with E-state index in [-0.39, 0.29) is 29.1 Å². The van der Waals surface area contributed by atoms with Crippen LogP contribution in [0.3, 0.4) is 0 Å². The number of rotatable bonds is 5. The van der Waals surface area contributed by atoms with Gasteiger partial charge in [-0.25, -0.2) is 4.90 Å². The van der Waals surface area contributed by atoms with Gasteiger partial charge in [0.25, 0.3) is 0 Å². The molecule has 1 aromatic heterocycles. The van der Waals surface area contributed by atoms with Crippen LogP contribution >= 0.6 is 39.0 Å². The van der Waals surface area contributed by atoms with Crippen molar-refractivity contribution >= 4 is 78.9 Å². The second kappa shape index (κ2) is 10.7. The molecule has 3 unspecified atom stereocenters. The fourth-order valence-corrected chi connectivity index (χ4v) is 9.00. The number of thioether (sulfide) groups is 1. The molecule has 208 valence electrons. The third-order valence-corrected chi connectivity index (χ3v) is 10.7. The number of hydrogen-bond donors (Lipinski definition) is 1. The number of para-hydroxylation sites is 1. The van der Waals surface area contributed by atoms with E-state index in [0.29, 0.717) is 21.3 Å². The largest absolute Gasteiger partial charge is 0.324 e. The molecule has 1 fully saturated rings. The fourth-order valence-electron chi connectivity index (χ4n) is 5.81. The molecule has 0 saturated carbocycles. The number of fused-ring (bicyclic) bond motifs is 3. The average molecular weight is 657 g/mol. The van der Waals surface area contributed by atoms with Crippen LogP contribution in [-0.4, -0.2) is 27.5 Å². The van der Waals surface area contributed by atoms with E-state index in [0.717, 1.165) is 32.1 Å². The highest BCUT2D eigenvalue weighted by Crippen LogP contribution is 2.54. The van der Waals surface area contributed by atoms with Crippen LogP contribution in [0.25, 0.3) is 10.8 Å². The van der Waals surface area contributed by atoms with Gasteiger partial charge in [0.2, 0.25) is 17.7 Å². The minimum atomic E-state index is -0.740. The number of anilines is 2. The molecule has 4 aromatic carbocycles. The van der Waals surface area contributed by atoms with Gasteiger partial charge < -0.3 is 5.32 Å². The lowest BCUT2D eigenvalue weighted by Crippen LogP contribution is -2.33. The lowest BCUT2D eigenvalue weighted by molar-refractivity contribution is -0.122. The van der Waals surface area contributed by atoms with E-state index in [1.165, 1.54) is 21.2 Å². The van der Waals surface area contributed by atoms with Crippen LogP contribution in [0.2, 0.25) is 0 Å². The van der Waals surface area contributed by atoms with Crippen molar-refractivity contribution in [2.75, 3.05) is 10.2 Å². The lowest BCUT2D eigenvalue weighted by atomic mass is 9.83. The van der Waals surface area contributed by atoms with Crippen LogP contribution in [-0.2, 0) is 20.9 Å². The lowest BCUT2D eigenvalue weighted by Gasteiger charge is -2.30. The minimum Gasteiger partial charge on any atom is -0.324 e. The molecule has 0 bridgehead atoms. The van der Waals surface area contributed by atoms with Gasteiger partial charge in [0.1, 0.15) is 11.8 Å². The molecule has 5 aromatic rings. The summed E-state index contributed by atoms with van der Waals surface area (Å²) >= 11 is 5.78. The van der Waals surface area contributed by atoms with Gasteiger partial charge in [-0.2, -0.15) is 0 Å². The quantitative estimate of drug-likeness (QED) is 0.226. The van der Waals surface area contributed by atoms with Crippen molar-refractivity contribution in [1.82, 2.24) is 4.57 Å². The monoisotopic (exact) mass is 655 g/mol. The van der Waals surface area contributed by atoms with Crippen molar-refractivity contribution in [3.05, 3.63) is 122 Å². The van der Waals surface area contributed by atoms with Gasteiger partial charge in [0.15, 0.2) is 0 Å². The molecule has 7 nitrogen and oxygen atoms in total. The third-order valence-electron chi connectivity index (χ3n) is 7.64. The van der Waals surface area contributed by atoms with E-state index < -0.39 is 17.1 Å². The Morgan fingerprint density at radius 1 is 0.857 bits per heavy atom. The molecule has 3 atom stereocenters. The second-order valence-corrected chi connectivity index (χ2v) is 13.2. The zero-order valence-corrected chi connectivity index (χ0v) is 25.1. The molecule has 1 saturated heterocycles. The third kappa shape index (κ3) is 4.50. The van der Waals surface area contributed by atoms with Gasteiger partial charge in [-0.05, 0) is 41.3 Å². The first kappa shape index (κ1) is 26.9. The number of thiazole rings is 1. The summed E-state index contributed by atoms with van der Waals surface area (Å²) in [5, 5.41) is 4.67. The van der Waals surface area contributed by atoms with E-state index in [1.807, 2.05) is 72.8 Å². The van der Waals surface area contributed by atoms with Crippen molar-refractivity contribution in [3.63, 3.8) is 0 Å². The number of carbonyl (C=O) groups excluding carboxylic acids is 3. The van der Waals surface area contributed by atoms with Crippen LogP contribution in [0.15, 0.2) is 111 Å². The number of halogens is 1. The molecule has 3 heterocycles. The van der Waals surface area contributed by atoms with E-state index >= 15 is 0 Å². The van der Waals surface area contributed by atoms with E-state index in [9.17, 15) is 19.2 Å². The maximum Gasteiger partial charge on any atom is 0.308 e. The average Bonchev–Trinajstić information content (AvgIpc) is 3.43. The van der Waals surface area contributed by atoms with Crippen molar-refractivity contribution in [1.29, 1.82) is 0 Å². The SMILES string of the molecule is O=C(Cn1c2c(sc1=O)C(c1cccc(Br)c1)C1C(=O)N(c3ccccc3)C(=O)C1S2)Nc1cccc2ccccc12. The summed E-state index contributed by atoms with van der Waals surface area (Å²) in [5.41, 5.74) is 2.00. The number of imide groups is 1. The minimum absolute atomic E-state index is 0.214. The maximum absolute atomic E-state index is 13.9. The summed E-state index contributed by atoms with van der Waals surface area (Å²) in [6, 6.07) is 29.9. The number of carbonyl (C=O) groups is 3. The highest BCUT2D eigenvalue weighted by molar-refractivity contribution is 9.10. The molecule has 0 radical (unpaired) electrons. The molecule has 2 aliphatic rings. The first-order chi connectivity index (χ1) is 20.4. The van der Waals surface area contributed by atoms with Gasteiger partial charge in [0, 0.05) is 26.3 Å². The van der Waals surface area contributed by atoms with Gasteiger partial charge >= 0.3 is 4.87 Å². The summed E-state index contributed by atoms with van der Waals surface area (Å²) in [6.45, 7) is -0.214. The molecule has 7 rings (SSSR count). The summed E-state index contributed by atoms with van der Waals surface area (Å²) in [5.74, 6) is -2.18. The van der Waals surface area contributed by atoms with Crippen LogP contribution in [0.5, 0.6) is 0 Å². The molecule has 0 aliphatic carbocycles. The standard InChI is InChI=1S/C32H22BrN3O4S2/c33-20-11-6-10-19(16-20)25-26-27(30(39)36(29(26)38)21-12-2-1-3-13-21)41-31-28(25)42-32(40)35(31)17-24(37)34-23-15-7-9-18-8-4-5-14-22(18)23/h1-16,25-27H,17H2,(H,34,37). The Morgan fingerprint density at radius 3 is 2.40 bits per heavy atom. The number of nitrogens with one attached hydrogen (secondary N) is 1. The zero-order valence-electron chi connectivity index (χ0n) is 21.9. The molecule has 3 amide bonds. The molecule has 2 aliphatic heterocycles. The van der Waals surface area contributed by atoms with E-state index in [4.69, 9.17) is 0 Å². The molecular formula is C32H22BrN3O4S2. The highest BCUT2D eigenvalue weighted by atomic mass is 79.9. The summed E-state index contributed by atoms with van der Waals surface area (Å²) in [7, 11) is 0. The number of nitrogens with zero attached hydrogens (tertiary/aromatic N) is 2. The highest BCUT2D eigenvalue weighted by Gasteiger charge is 2.56. The van der Waals surface area contributed by atoms with Gasteiger partial charge in [-0.15, -0.1) is 0 Å². The maximum atomic E-state index is 13.9. The number of hydrogen-bond acceptors (Lipinski definition) is 6. The normalized spacial score (nSPS) is 19.5. The van der Waals surface area contributed by atoms with Crippen molar-refractivity contribution < 1.29 is 14.4 Å². The zero-order chi connectivity index (χ0) is 29.0. The van der Waals surface area contributed by atoms with Crippen LogP contribution in [0, 0.1) is 5.92 Å². The Bertz CT molecular complexity index is 1950. The van der Waals surface area contributed by atoms with Crippen molar-refractivity contribution in [2.45, 2.75) is 22.7 Å². The molecule has 42 heavy (non-hydrogen) atoms. The molecule has 10 heteroatoms. The smallest absolute Gasteiger partial charge is 0.308 e. The second-order valence-electron chi connectivity index (χ2n) is 10.1. The Hall–Kier alpha value is -3.99. The van der Waals surface area contributed by atoms with Crippen molar-refractivity contribution in [2.24, 2.45) is 5.92 Å². The van der Waals surface area contributed by atoms with Gasteiger partial charge in [-0.1, -0.05) is 106 Å². The predicted octanol–water partition coefficient (Wildman–Crippen LogP) is 6.26. The van der Waals surface area contributed by atoms with Gasteiger partial charge in [0.05, 0.1) is 16.6 Å². The summed E-state index contributed by atoms with van der Waals surface area (Å²) < 4.78 is 2.27. The first-order valence-electron chi connectivity index (χ1n) is 13.3. The topological polar surface area (TPSA) is 88.5 Å². The molecule has 1 N–H and O–H groups in total. The fraction of sp³-hybridized carbons (Fsp3) is 0.125. The Morgan fingerprint density at radius 2 is 1.60 bits per heavy atom. The Labute approximate surface area is 257 Å². The summed E-state index contributed by atoms with van der Waals surface area (Å²) in [4.78, 5) is 56.2. The number of aromatic nitrogens is 1. The van der Waals surface area contributed by atoms with Crippen LogP contribution in [0.4, 0.5) is 11.4 Å². The first-order valence-corrected chi connectivity index (χ1v) is 15.8. The van der Waals surface area contributed by atoms with E-state index in [2.05, 4.69) is 21.2 Å². The molecule has 0 spiro atoms. The van der Waals surface area contributed by atoms with Crippen molar-refractivity contribution in [3.8, 4) is 0 Å².